The van der Waals surface area contributed by atoms with Gasteiger partial charge >= 0.3 is 11.9 Å². The summed E-state index contributed by atoms with van der Waals surface area (Å²) in [5.41, 5.74) is 0. The van der Waals surface area contributed by atoms with Crippen molar-refractivity contribution >= 4 is 11.9 Å². The summed E-state index contributed by atoms with van der Waals surface area (Å²) >= 11 is 0. The second-order valence-corrected chi connectivity index (χ2v) is 7.84. The molecule has 0 aromatic carbocycles. The SMILES string of the molecule is CCCC(CCC)C(=O)OCC1OCCC(OC(=O)C(CCC)CCC)C1O. The second-order valence-electron chi connectivity index (χ2n) is 7.84. The van der Waals surface area contributed by atoms with Gasteiger partial charge < -0.3 is 19.3 Å². The molecule has 3 unspecified atom stereocenters. The number of carbonyl (C=O) groups is 2. The molecule has 164 valence electrons. The van der Waals surface area contributed by atoms with Gasteiger partial charge in [0.05, 0.1) is 18.4 Å². The summed E-state index contributed by atoms with van der Waals surface area (Å²) in [6.45, 7) is 8.56. The van der Waals surface area contributed by atoms with E-state index in [0.717, 1.165) is 51.4 Å². The molecule has 0 radical (unpaired) electrons. The normalized spacial score (nSPS) is 22.5. The highest BCUT2D eigenvalue weighted by molar-refractivity contribution is 5.73. The zero-order valence-corrected chi connectivity index (χ0v) is 18.2. The first-order valence-corrected chi connectivity index (χ1v) is 11.1. The monoisotopic (exact) mass is 400 g/mol. The maximum atomic E-state index is 12.5. The van der Waals surface area contributed by atoms with Crippen molar-refractivity contribution in [1.29, 1.82) is 0 Å². The minimum Gasteiger partial charge on any atom is -0.463 e. The fourth-order valence-corrected chi connectivity index (χ4v) is 3.80. The Labute approximate surface area is 170 Å². The van der Waals surface area contributed by atoms with Gasteiger partial charge in [0.15, 0.2) is 0 Å². The van der Waals surface area contributed by atoms with Crippen molar-refractivity contribution in [3.63, 3.8) is 0 Å². The number of esters is 2. The maximum absolute atomic E-state index is 12.5. The summed E-state index contributed by atoms with van der Waals surface area (Å²) < 4.78 is 16.6. The van der Waals surface area contributed by atoms with E-state index in [4.69, 9.17) is 14.2 Å². The Balaban J connectivity index is 2.57. The van der Waals surface area contributed by atoms with Crippen molar-refractivity contribution in [3.05, 3.63) is 0 Å². The van der Waals surface area contributed by atoms with Crippen LogP contribution in [0.1, 0.15) is 85.5 Å². The van der Waals surface area contributed by atoms with Crippen LogP contribution in [-0.4, -0.2) is 48.6 Å². The molecular formula is C22H40O6. The lowest BCUT2D eigenvalue weighted by Gasteiger charge is -2.35. The van der Waals surface area contributed by atoms with Crippen molar-refractivity contribution in [1.82, 2.24) is 0 Å². The van der Waals surface area contributed by atoms with Crippen molar-refractivity contribution in [2.24, 2.45) is 11.8 Å². The van der Waals surface area contributed by atoms with Crippen LogP contribution in [0.3, 0.4) is 0 Å². The fourth-order valence-electron chi connectivity index (χ4n) is 3.80. The smallest absolute Gasteiger partial charge is 0.309 e. The molecule has 6 nitrogen and oxygen atoms in total. The molecule has 1 saturated heterocycles. The number of aliphatic hydroxyl groups excluding tert-OH is 1. The van der Waals surface area contributed by atoms with Crippen molar-refractivity contribution < 1.29 is 28.9 Å². The Kier molecular flexibility index (Phi) is 12.4. The largest absolute Gasteiger partial charge is 0.463 e. The highest BCUT2D eigenvalue weighted by atomic mass is 16.6. The summed E-state index contributed by atoms with van der Waals surface area (Å²) in [5.74, 6) is -0.695. The van der Waals surface area contributed by atoms with Gasteiger partial charge in [0, 0.05) is 6.42 Å². The van der Waals surface area contributed by atoms with Crippen LogP contribution in [0, 0.1) is 11.8 Å². The molecule has 0 bridgehead atoms. The Morgan fingerprint density at radius 3 is 1.93 bits per heavy atom. The average Bonchev–Trinajstić information content (AvgIpc) is 2.68. The number of ether oxygens (including phenoxy) is 3. The first-order chi connectivity index (χ1) is 13.5. The summed E-state index contributed by atoms with van der Waals surface area (Å²) in [6, 6.07) is 0. The molecule has 0 aromatic heterocycles. The van der Waals surface area contributed by atoms with Gasteiger partial charge in [-0.1, -0.05) is 53.4 Å². The van der Waals surface area contributed by atoms with Crippen LogP contribution >= 0.6 is 0 Å². The summed E-state index contributed by atoms with van der Waals surface area (Å²) in [5, 5.41) is 10.6. The van der Waals surface area contributed by atoms with E-state index in [-0.39, 0.29) is 30.4 Å². The van der Waals surface area contributed by atoms with Gasteiger partial charge in [0.2, 0.25) is 0 Å². The maximum Gasteiger partial charge on any atom is 0.309 e. The third-order valence-corrected chi connectivity index (χ3v) is 5.37. The quantitative estimate of drug-likeness (QED) is 0.470. The van der Waals surface area contributed by atoms with Gasteiger partial charge in [-0.3, -0.25) is 9.59 Å². The van der Waals surface area contributed by atoms with Crippen LogP contribution in [-0.2, 0) is 23.8 Å². The first kappa shape index (κ1) is 24.9. The lowest BCUT2D eigenvalue weighted by molar-refractivity contribution is -0.191. The number of aliphatic hydroxyl groups is 1. The van der Waals surface area contributed by atoms with Gasteiger partial charge in [-0.25, -0.2) is 0 Å². The molecule has 0 spiro atoms. The van der Waals surface area contributed by atoms with Gasteiger partial charge in [-0.15, -0.1) is 0 Å². The predicted octanol–water partition coefficient (Wildman–Crippen LogP) is 4.02. The van der Waals surface area contributed by atoms with Crippen molar-refractivity contribution in [3.8, 4) is 0 Å². The Morgan fingerprint density at radius 1 is 0.929 bits per heavy atom. The van der Waals surface area contributed by atoms with Gasteiger partial charge in [-0.05, 0) is 25.7 Å². The molecular weight excluding hydrogens is 360 g/mol. The molecule has 1 rings (SSSR count). The third-order valence-electron chi connectivity index (χ3n) is 5.37. The molecule has 1 aliphatic heterocycles. The standard InChI is InChI=1S/C22H40O6/c1-5-9-16(10-6-2)21(24)27-15-19-20(23)18(13-14-26-19)28-22(25)17(11-7-3)12-8-4/h16-20,23H,5-15H2,1-4H3. The van der Waals surface area contributed by atoms with Crippen LogP contribution < -0.4 is 0 Å². The highest BCUT2D eigenvalue weighted by Gasteiger charge is 2.37. The van der Waals surface area contributed by atoms with Gasteiger partial charge in [-0.2, -0.15) is 0 Å². The van der Waals surface area contributed by atoms with Crippen LogP contribution in [0.15, 0.2) is 0 Å². The molecule has 1 aliphatic rings. The van der Waals surface area contributed by atoms with E-state index >= 15 is 0 Å². The molecule has 6 heteroatoms. The zero-order valence-electron chi connectivity index (χ0n) is 18.2. The van der Waals surface area contributed by atoms with E-state index < -0.39 is 18.3 Å². The Morgan fingerprint density at radius 2 is 1.43 bits per heavy atom. The third kappa shape index (κ3) is 8.08. The molecule has 3 atom stereocenters. The number of carbonyl (C=O) groups excluding carboxylic acids is 2. The molecule has 1 heterocycles. The summed E-state index contributed by atoms with van der Waals surface area (Å²) in [4.78, 5) is 24.8. The van der Waals surface area contributed by atoms with Crippen molar-refractivity contribution in [2.75, 3.05) is 13.2 Å². The molecule has 1 fully saturated rings. The molecule has 0 amide bonds. The second kappa shape index (κ2) is 13.9. The molecule has 1 N–H and O–H groups in total. The molecule has 0 saturated carbocycles. The Bertz CT molecular complexity index is 440. The van der Waals surface area contributed by atoms with Crippen LogP contribution in [0.5, 0.6) is 0 Å². The van der Waals surface area contributed by atoms with E-state index in [1.807, 2.05) is 27.7 Å². The lowest BCUT2D eigenvalue weighted by atomic mass is 9.97. The van der Waals surface area contributed by atoms with Crippen LogP contribution in [0.4, 0.5) is 0 Å². The van der Waals surface area contributed by atoms with E-state index in [0.29, 0.717) is 13.0 Å². The lowest BCUT2D eigenvalue weighted by Crippen LogP contribution is -2.49. The zero-order chi connectivity index (χ0) is 20.9. The molecule has 28 heavy (non-hydrogen) atoms. The number of rotatable bonds is 13. The molecule has 0 aliphatic carbocycles. The number of hydrogen-bond acceptors (Lipinski definition) is 6. The van der Waals surface area contributed by atoms with Crippen LogP contribution in [0.2, 0.25) is 0 Å². The van der Waals surface area contributed by atoms with E-state index in [9.17, 15) is 14.7 Å². The van der Waals surface area contributed by atoms with E-state index in [1.165, 1.54) is 0 Å². The first-order valence-electron chi connectivity index (χ1n) is 11.1. The summed E-state index contributed by atoms with van der Waals surface area (Å²) in [6.07, 6.45) is 5.10. The Hall–Kier alpha value is -1.14. The fraction of sp³-hybridized carbons (Fsp3) is 0.909. The number of hydrogen-bond donors (Lipinski definition) is 1. The van der Waals surface area contributed by atoms with E-state index in [1.54, 1.807) is 0 Å². The van der Waals surface area contributed by atoms with Gasteiger partial charge in [0.25, 0.3) is 0 Å². The highest BCUT2D eigenvalue weighted by Crippen LogP contribution is 2.23. The topological polar surface area (TPSA) is 82.1 Å². The molecule has 0 aromatic rings. The predicted molar refractivity (Wildman–Crippen MR) is 108 cm³/mol. The van der Waals surface area contributed by atoms with Gasteiger partial charge in [0.1, 0.15) is 24.9 Å². The minimum atomic E-state index is -0.981. The van der Waals surface area contributed by atoms with Crippen molar-refractivity contribution in [2.45, 2.75) is 104 Å². The van der Waals surface area contributed by atoms with Crippen LogP contribution in [0.25, 0.3) is 0 Å². The summed E-state index contributed by atoms with van der Waals surface area (Å²) in [7, 11) is 0. The average molecular weight is 401 g/mol. The minimum absolute atomic E-state index is 0.00860. The van der Waals surface area contributed by atoms with E-state index in [2.05, 4.69) is 0 Å².